The molecule has 0 radical (unpaired) electrons. The second kappa shape index (κ2) is 8.75. The van der Waals surface area contributed by atoms with E-state index in [0.717, 1.165) is 33.2 Å². The zero-order valence-electron chi connectivity index (χ0n) is 17.1. The van der Waals surface area contributed by atoms with E-state index in [-0.39, 0.29) is 29.9 Å². The number of esters is 1. The van der Waals surface area contributed by atoms with Gasteiger partial charge in [-0.3, -0.25) is 9.79 Å². The summed E-state index contributed by atoms with van der Waals surface area (Å²) in [5, 5.41) is 0. The number of methoxy groups -OCH3 is 2. The average Bonchev–Trinajstić information content (AvgIpc) is 3.54. The van der Waals surface area contributed by atoms with Crippen molar-refractivity contribution in [3.05, 3.63) is 45.0 Å². The van der Waals surface area contributed by atoms with Crippen molar-refractivity contribution in [3.8, 4) is 11.5 Å². The molecule has 6 nitrogen and oxygen atoms in total. The number of carbonyl (C=O) groups excluding carboxylic acids is 1. The fourth-order valence-corrected chi connectivity index (χ4v) is 5.56. The number of aliphatic imine (C=N–C) groups is 1. The molecular weight excluding hydrogens is 516 g/mol. The SMILES string of the molecule is CCOC(=O)C1CC1C1CC(c2ccc(OC)c(OC)c2)N2C=C(Br)C=C(Br)C2=N1. The summed E-state index contributed by atoms with van der Waals surface area (Å²) in [7, 11) is 3.27. The maximum Gasteiger partial charge on any atom is 0.309 e. The van der Waals surface area contributed by atoms with Crippen molar-refractivity contribution in [3.63, 3.8) is 0 Å². The largest absolute Gasteiger partial charge is 0.493 e. The molecule has 1 aromatic carbocycles. The Bertz CT molecular complexity index is 943. The number of ether oxygens (including phenoxy) is 3. The Balaban J connectivity index is 1.68. The molecule has 160 valence electrons. The van der Waals surface area contributed by atoms with Gasteiger partial charge >= 0.3 is 5.97 Å². The standard InChI is InChI=1S/C22H24Br2N2O4/c1-4-30-22(27)15-9-14(15)17-10-18(12-5-6-19(28-2)20(7-12)29-3)26-11-13(23)8-16(24)21(26)25-17/h5-8,11,14-15,17-18H,4,9-10H2,1-3H3. The molecule has 0 amide bonds. The molecule has 1 saturated carbocycles. The van der Waals surface area contributed by atoms with Crippen LogP contribution >= 0.6 is 31.9 Å². The molecular formula is C22H24Br2N2O4. The lowest BCUT2D eigenvalue weighted by Crippen LogP contribution is -2.40. The van der Waals surface area contributed by atoms with Crippen LogP contribution in [0.3, 0.4) is 0 Å². The van der Waals surface area contributed by atoms with Crippen molar-refractivity contribution < 1.29 is 19.0 Å². The lowest BCUT2D eigenvalue weighted by atomic mass is 9.92. The molecule has 1 aromatic rings. The summed E-state index contributed by atoms with van der Waals surface area (Å²) in [5.41, 5.74) is 1.11. The number of hydrogen-bond acceptors (Lipinski definition) is 6. The van der Waals surface area contributed by atoms with Gasteiger partial charge in [0, 0.05) is 10.7 Å². The van der Waals surface area contributed by atoms with Gasteiger partial charge < -0.3 is 19.1 Å². The Hall–Kier alpha value is -1.80. The molecule has 4 rings (SSSR count). The molecule has 2 aliphatic heterocycles. The van der Waals surface area contributed by atoms with Crippen molar-refractivity contribution >= 4 is 43.7 Å². The number of benzene rings is 1. The third kappa shape index (κ3) is 4.04. The third-order valence-corrected chi connectivity index (χ3v) is 6.81. The first-order valence-corrected chi connectivity index (χ1v) is 11.5. The minimum atomic E-state index is -0.103. The zero-order chi connectivity index (χ0) is 21.4. The first kappa shape index (κ1) is 21.4. The van der Waals surface area contributed by atoms with Crippen LogP contribution in [-0.2, 0) is 9.53 Å². The quantitative estimate of drug-likeness (QED) is 0.479. The number of rotatable bonds is 6. The van der Waals surface area contributed by atoms with Crippen LogP contribution in [0.4, 0.5) is 0 Å². The predicted octanol–water partition coefficient (Wildman–Crippen LogP) is 4.95. The highest BCUT2D eigenvalue weighted by atomic mass is 79.9. The van der Waals surface area contributed by atoms with Gasteiger partial charge in [0.15, 0.2) is 11.5 Å². The van der Waals surface area contributed by atoms with Gasteiger partial charge in [0.25, 0.3) is 0 Å². The monoisotopic (exact) mass is 538 g/mol. The van der Waals surface area contributed by atoms with E-state index in [1.54, 1.807) is 14.2 Å². The first-order chi connectivity index (χ1) is 14.5. The van der Waals surface area contributed by atoms with E-state index in [1.165, 1.54) is 0 Å². The zero-order valence-corrected chi connectivity index (χ0v) is 20.3. The summed E-state index contributed by atoms with van der Waals surface area (Å²) in [6, 6.07) is 6.12. The number of hydrogen-bond donors (Lipinski definition) is 0. The van der Waals surface area contributed by atoms with Gasteiger partial charge in [-0.1, -0.05) is 6.07 Å². The van der Waals surface area contributed by atoms with E-state index in [0.29, 0.717) is 18.1 Å². The molecule has 0 N–H and O–H groups in total. The predicted molar refractivity (Wildman–Crippen MR) is 122 cm³/mol. The van der Waals surface area contributed by atoms with Crippen LogP contribution in [-0.4, -0.2) is 43.6 Å². The van der Waals surface area contributed by atoms with Crippen molar-refractivity contribution in [2.24, 2.45) is 16.8 Å². The van der Waals surface area contributed by atoms with E-state index >= 15 is 0 Å². The lowest BCUT2D eigenvalue weighted by Gasteiger charge is -2.40. The third-order valence-electron chi connectivity index (χ3n) is 5.79. The highest BCUT2D eigenvalue weighted by molar-refractivity contribution is 9.12. The Labute approximate surface area is 193 Å². The molecule has 4 atom stereocenters. The molecule has 4 unspecified atom stereocenters. The van der Waals surface area contributed by atoms with Gasteiger partial charge in [-0.05, 0) is 81.3 Å². The van der Waals surface area contributed by atoms with Gasteiger partial charge in [-0.2, -0.15) is 0 Å². The van der Waals surface area contributed by atoms with E-state index in [2.05, 4.69) is 49.0 Å². The van der Waals surface area contributed by atoms with E-state index in [1.807, 2.05) is 25.1 Å². The summed E-state index contributed by atoms with van der Waals surface area (Å²) in [6.07, 6.45) is 5.69. The summed E-state index contributed by atoms with van der Waals surface area (Å²) in [6.45, 7) is 2.26. The minimum absolute atomic E-state index is 0.0504. The first-order valence-electron chi connectivity index (χ1n) is 9.96. The topological polar surface area (TPSA) is 60.4 Å². The van der Waals surface area contributed by atoms with Gasteiger partial charge in [-0.25, -0.2) is 0 Å². The van der Waals surface area contributed by atoms with Crippen LogP contribution in [0.5, 0.6) is 11.5 Å². The van der Waals surface area contributed by atoms with Crippen LogP contribution in [0, 0.1) is 11.8 Å². The Morgan fingerprint density at radius 1 is 1.20 bits per heavy atom. The number of nitrogens with zero attached hydrogens (tertiary/aromatic N) is 2. The average molecular weight is 540 g/mol. The molecule has 8 heteroatoms. The Morgan fingerprint density at radius 2 is 1.97 bits per heavy atom. The Kier molecular flexibility index (Phi) is 6.25. The van der Waals surface area contributed by atoms with Crippen molar-refractivity contribution in [1.82, 2.24) is 4.90 Å². The molecule has 30 heavy (non-hydrogen) atoms. The van der Waals surface area contributed by atoms with Gasteiger partial charge in [-0.15, -0.1) is 0 Å². The van der Waals surface area contributed by atoms with E-state index in [4.69, 9.17) is 19.2 Å². The number of fused-ring (bicyclic) bond motifs is 1. The lowest BCUT2D eigenvalue weighted by molar-refractivity contribution is -0.145. The van der Waals surface area contributed by atoms with Gasteiger partial charge in [0.1, 0.15) is 5.84 Å². The van der Waals surface area contributed by atoms with Crippen LogP contribution in [0.25, 0.3) is 0 Å². The molecule has 0 spiro atoms. The fourth-order valence-electron chi connectivity index (χ4n) is 4.25. The maximum absolute atomic E-state index is 12.2. The van der Waals surface area contributed by atoms with Crippen LogP contribution in [0.15, 0.2) is 44.4 Å². The smallest absolute Gasteiger partial charge is 0.309 e. The Morgan fingerprint density at radius 3 is 2.67 bits per heavy atom. The molecule has 3 aliphatic rings. The molecule has 1 aliphatic carbocycles. The fraction of sp³-hybridized carbons (Fsp3) is 0.455. The summed E-state index contributed by atoms with van der Waals surface area (Å²) in [4.78, 5) is 19.4. The molecule has 2 heterocycles. The number of carbonyl (C=O) groups is 1. The van der Waals surface area contributed by atoms with Gasteiger partial charge in [0.05, 0.1) is 43.3 Å². The normalized spacial score (nSPS) is 27.4. The van der Waals surface area contributed by atoms with Crippen LogP contribution in [0.2, 0.25) is 0 Å². The van der Waals surface area contributed by atoms with E-state index < -0.39 is 0 Å². The number of allylic oxidation sites excluding steroid dienone is 2. The van der Waals surface area contributed by atoms with Crippen LogP contribution in [0.1, 0.15) is 31.4 Å². The van der Waals surface area contributed by atoms with E-state index in [9.17, 15) is 4.79 Å². The number of halogens is 2. The molecule has 0 aromatic heterocycles. The van der Waals surface area contributed by atoms with Crippen molar-refractivity contribution in [2.45, 2.75) is 31.8 Å². The second-order valence-corrected chi connectivity index (χ2v) is 9.33. The summed E-state index contributed by atoms with van der Waals surface area (Å²) in [5.74, 6) is 2.34. The molecule has 0 saturated heterocycles. The second-order valence-electron chi connectivity index (χ2n) is 7.56. The summed E-state index contributed by atoms with van der Waals surface area (Å²) < 4.78 is 18.0. The maximum atomic E-state index is 12.2. The highest BCUT2D eigenvalue weighted by Gasteiger charge is 2.51. The highest BCUT2D eigenvalue weighted by Crippen LogP contribution is 2.49. The molecule has 0 bridgehead atoms. The summed E-state index contributed by atoms with van der Waals surface area (Å²) >= 11 is 7.27. The minimum Gasteiger partial charge on any atom is -0.493 e. The van der Waals surface area contributed by atoms with Crippen LogP contribution < -0.4 is 9.47 Å². The number of amidine groups is 1. The molecule has 1 fully saturated rings. The van der Waals surface area contributed by atoms with Gasteiger partial charge in [0.2, 0.25) is 0 Å². The van der Waals surface area contributed by atoms with Crippen molar-refractivity contribution in [1.29, 1.82) is 0 Å². The van der Waals surface area contributed by atoms with Crippen molar-refractivity contribution in [2.75, 3.05) is 20.8 Å².